The van der Waals surface area contributed by atoms with Crippen molar-refractivity contribution in [2.45, 2.75) is 12.8 Å². The molecule has 112 valence electrons. The van der Waals surface area contributed by atoms with Gasteiger partial charge >= 0.3 is 5.97 Å². The number of hydrogen-bond donors (Lipinski definition) is 0. The molecule has 2 heterocycles. The molecule has 0 saturated carbocycles. The average molecular weight is 301 g/mol. The first-order chi connectivity index (χ1) is 10.5. The molecule has 8 nitrogen and oxygen atoms in total. The topological polar surface area (TPSA) is 96.3 Å². The molecule has 2 aliphatic rings. The third kappa shape index (κ3) is 2.14. The lowest BCUT2D eigenvalue weighted by Gasteiger charge is -2.19. The van der Waals surface area contributed by atoms with Gasteiger partial charge in [-0.3, -0.25) is 14.4 Å². The molecule has 8 heteroatoms. The van der Waals surface area contributed by atoms with E-state index in [-0.39, 0.29) is 35.6 Å². The Hall–Kier alpha value is -3.03. The number of fused-ring (bicyclic) bond motifs is 1. The lowest BCUT2D eigenvalue weighted by molar-refractivity contribution is -0.160. The Morgan fingerprint density at radius 3 is 2.23 bits per heavy atom. The summed E-state index contributed by atoms with van der Waals surface area (Å²) >= 11 is 0. The Labute approximate surface area is 124 Å². The summed E-state index contributed by atoms with van der Waals surface area (Å²) in [5.74, 6) is -2.55. The zero-order valence-corrected chi connectivity index (χ0v) is 11.6. The molecule has 0 bridgehead atoms. The lowest BCUT2D eigenvalue weighted by Crippen LogP contribution is -2.38. The Balaban J connectivity index is 1.79. The maximum absolute atomic E-state index is 12.1. The van der Waals surface area contributed by atoms with E-state index in [9.17, 15) is 19.2 Å². The van der Waals surface area contributed by atoms with E-state index in [4.69, 9.17) is 4.84 Å². The van der Waals surface area contributed by atoms with E-state index in [2.05, 4.69) is 5.10 Å². The number of hydrogen-bond acceptors (Lipinski definition) is 6. The van der Waals surface area contributed by atoms with E-state index < -0.39 is 17.8 Å². The molecular formula is C14H11N3O5. The molecule has 0 N–H and O–H groups in total. The minimum atomic E-state index is -0.922. The summed E-state index contributed by atoms with van der Waals surface area (Å²) < 4.78 is 0. The van der Waals surface area contributed by atoms with Crippen LogP contribution in [0.15, 0.2) is 29.4 Å². The van der Waals surface area contributed by atoms with Crippen LogP contribution in [-0.2, 0) is 14.4 Å². The van der Waals surface area contributed by atoms with Gasteiger partial charge in [-0.2, -0.15) is 5.10 Å². The maximum Gasteiger partial charge on any atom is 0.379 e. The molecule has 0 fully saturated rings. The van der Waals surface area contributed by atoms with Gasteiger partial charge in [-0.1, -0.05) is 17.2 Å². The highest BCUT2D eigenvalue weighted by Gasteiger charge is 2.39. The molecule has 0 aliphatic carbocycles. The molecule has 2 aliphatic heterocycles. The minimum absolute atomic E-state index is 0.0151. The molecule has 0 atom stereocenters. The first-order valence-electron chi connectivity index (χ1n) is 6.53. The largest absolute Gasteiger partial charge is 0.379 e. The van der Waals surface area contributed by atoms with Gasteiger partial charge in [0.25, 0.3) is 11.8 Å². The molecular weight excluding hydrogens is 290 g/mol. The molecule has 3 amide bonds. The standard InChI is InChI=1S/C14H11N3O5/c1-16-11(18)7-6-10(15-16)14(21)22-17-12(19)8-4-2-3-5-9(8)13(17)20/h2-5H,6-7H2,1H3. The first-order valence-corrected chi connectivity index (χ1v) is 6.53. The summed E-state index contributed by atoms with van der Waals surface area (Å²) in [5.41, 5.74) is 0.343. The molecule has 0 unspecified atom stereocenters. The average Bonchev–Trinajstić information content (AvgIpc) is 2.75. The van der Waals surface area contributed by atoms with E-state index in [1.54, 1.807) is 12.1 Å². The van der Waals surface area contributed by atoms with Crippen molar-refractivity contribution in [3.05, 3.63) is 35.4 Å². The second-order valence-corrected chi connectivity index (χ2v) is 4.79. The quantitative estimate of drug-likeness (QED) is 0.734. The number of amides is 3. The van der Waals surface area contributed by atoms with E-state index in [1.807, 2.05) is 0 Å². The highest BCUT2D eigenvalue weighted by Crippen LogP contribution is 2.23. The van der Waals surface area contributed by atoms with Crippen molar-refractivity contribution >= 4 is 29.4 Å². The number of nitrogens with zero attached hydrogens (tertiary/aromatic N) is 3. The fourth-order valence-corrected chi connectivity index (χ4v) is 2.20. The van der Waals surface area contributed by atoms with Crippen molar-refractivity contribution < 1.29 is 24.0 Å². The molecule has 3 rings (SSSR count). The fraction of sp³-hybridized carbons (Fsp3) is 0.214. The Bertz CT molecular complexity index is 705. The third-order valence-electron chi connectivity index (χ3n) is 3.37. The van der Waals surface area contributed by atoms with Crippen LogP contribution in [0.3, 0.4) is 0 Å². The van der Waals surface area contributed by atoms with Crippen LogP contribution >= 0.6 is 0 Å². The van der Waals surface area contributed by atoms with Gasteiger partial charge in [0.15, 0.2) is 0 Å². The van der Waals surface area contributed by atoms with Crippen molar-refractivity contribution in [3.8, 4) is 0 Å². The second kappa shape index (κ2) is 5.06. The van der Waals surface area contributed by atoms with E-state index in [0.717, 1.165) is 5.01 Å². The molecule has 0 saturated heterocycles. The molecule has 1 aromatic carbocycles. The highest BCUT2D eigenvalue weighted by molar-refractivity contribution is 6.37. The van der Waals surface area contributed by atoms with Crippen LogP contribution in [0.25, 0.3) is 0 Å². The van der Waals surface area contributed by atoms with E-state index in [1.165, 1.54) is 19.2 Å². The number of hydroxylamine groups is 2. The minimum Gasteiger partial charge on any atom is -0.323 e. The molecule has 0 aromatic heterocycles. The summed E-state index contributed by atoms with van der Waals surface area (Å²) in [5, 5.41) is 5.23. The summed E-state index contributed by atoms with van der Waals surface area (Å²) in [6.07, 6.45) is 0.220. The smallest absolute Gasteiger partial charge is 0.323 e. The number of carbonyl (C=O) groups excluding carboxylic acids is 4. The molecule has 22 heavy (non-hydrogen) atoms. The van der Waals surface area contributed by atoms with Crippen molar-refractivity contribution in [2.24, 2.45) is 5.10 Å². The van der Waals surface area contributed by atoms with Gasteiger partial charge in [0, 0.05) is 19.9 Å². The summed E-state index contributed by atoms with van der Waals surface area (Å²) in [7, 11) is 1.41. The van der Waals surface area contributed by atoms with E-state index >= 15 is 0 Å². The molecule has 1 aromatic rings. The summed E-state index contributed by atoms with van der Waals surface area (Å²) in [6, 6.07) is 6.18. The predicted octanol–water partition coefficient (Wildman–Crippen LogP) is 0.349. The number of hydrazone groups is 1. The summed E-state index contributed by atoms with van der Waals surface area (Å²) in [6.45, 7) is 0. The van der Waals surface area contributed by atoms with Gasteiger partial charge < -0.3 is 4.84 Å². The Morgan fingerprint density at radius 1 is 1.09 bits per heavy atom. The Kier molecular flexibility index (Phi) is 3.21. The van der Waals surface area contributed by atoms with Gasteiger partial charge in [0.1, 0.15) is 5.71 Å². The molecule has 0 radical (unpaired) electrons. The van der Waals surface area contributed by atoms with Crippen molar-refractivity contribution in [3.63, 3.8) is 0 Å². The van der Waals surface area contributed by atoms with Crippen molar-refractivity contribution in [2.75, 3.05) is 7.05 Å². The zero-order valence-electron chi connectivity index (χ0n) is 11.6. The second-order valence-electron chi connectivity index (χ2n) is 4.79. The first kappa shape index (κ1) is 13.9. The van der Waals surface area contributed by atoms with Crippen LogP contribution in [0.2, 0.25) is 0 Å². The van der Waals surface area contributed by atoms with Gasteiger partial charge in [0.05, 0.1) is 11.1 Å². The SMILES string of the molecule is CN1N=C(C(=O)ON2C(=O)c3ccccc3C2=O)CCC1=O. The Morgan fingerprint density at radius 2 is 1.68 bits per heavy atom. The van der Waals surface area contributed by atoms with Crippen LogP contribution < -0.4 is 0 Å². The van der Waals surface area contributed by atoms with Crippen LogP contribution in [0.1, 0.15) is 33.6 Å². The van der Waals surface area contributed by atoms with Crippen LogP contribution in [0, 0.1) is 0 Å². The maximum atomic E-state index is 12.1. The van der Waals surface area contributed by atoms with Crippen molar-refractivity contribution in [1.82, 2.24) is 10.1 Å². The number of benzene rings is 1. The zero-order chi connectivity index (χ0) is 15.9. The molecule has 0 spiro atoms. The van der Waals surface area contributed by atoms with Crippen LogP contribution in [-0.4, -0.2) is 46.5 Å². The van der Waals surface area contributed by atoms with Gasteiger partial charge in [-0.05, 0) is 12.1 Å². The summed E-state index contributed by atoms with van der Waals surface area (Å²) in [4.78, 5) is 52.3. The van der Waals surface area contributed by atoms with Gasteiger partial charge in [0.2, 0.25) is 5.91 Å². The number of carbonyl (C=O) groups is 4. The van der Waals surface area contributed by atoms with Crippen molar-refractivity contribution in [1.29, 1.82) is 0 Å². The monoisotopic (exact) mass is 301 g/mol. The van der Waals surface area contributed by atoms with Crippen LogP contribution in [0.4, 0.5) is 0 Å². The highest BCUT2D eigenvalue weighted by atomic mass is 16.7. The van der Waals surface area contributed by atoms with Crippen LogP contribution in [0.5, 0.6) is 0 Å². The normalized spacial score (nSPS) is 17.5. The van der Waals surface area contributed by atoms with Gasteiger partial charge in [-0.25, -0.2) is 9.80 Å². The number of rotatable bonds is 2. The van der Waals surface area contributed by atoms with E-state index in [0.29, 0.717) is 5.06 Å². The third-order valence-corrected chi connectivity index (χ3v) is 3.37. The number of imide groups is 1. The fourth-order valence-electron chi connectivity index (χ4n) is 2.20. The predicted molar refractivity (Wildman–Crippen MR) is 72.5 cm³/mol. The lowest BCUT2D eigenvalue weighted by atomic mass is 10.1. The van der Waals surface area contributed by atoms with Gasteiger partial charge in [-0.15, -0.1) is 0 Å².